The number of carbonyl (C=O) groups excluding carboxylic acids is 3. The summed E-state index contributed by atoms with van der Waals surface area (Å²) in [6.07, 6.45) is 1.41. The van der Waals surface area contributed by atoms with Crippen LogP contribution in [0.15, 0.2) is 17.6 Å². The van der Waals surface area contributed by atoms with E-state index in [4.69, 9.17) is 9.47 Å². The molecule has 1 aliphatic rings. The summed E-state index contributed by atoms with van der Waals surface area (Å²) in [6, 6.07) is -1.31. The second kappa shape index (κ2) is 10.4. The Balaban J connectivity index is 3.28. The van der Waals surface area contributed by atoms with Crippen LogP contribution in [0, 0.1) is 11.8 Å². The average Bonchev–Trinajstić information content (AvgIpc) is 2.56. The van der Waals surface area contributed by atoms with E-state index in [-0.39, 0.29) is 36.7 Å². The molecule has 2 amide bonds. The Morgan fingerprint density at radius 1 is 1.31 bits per heavy atom. The van der Waals surface area contributed by atoms with Crippen LogP contribution in [0.25, 0.3) is 0 Å². The van der Waals surface area contributed by atoms with E-state index in [2.05, 4.69) is 16.9 Å². The molecular formula is C21H35N3O5. The summed E-state index contributed by atoms with van der Waals surface area (Å²) in [5, 5.41) is 2.75. The van der Waals surface area contributed by atoms with E-state index >= 15 is 0 Å². The number of aliphatic imine (C=N–C) groups is 1. The smallest absolute Gasteiger partial charge is 0.411 e. The van der Waals surface area contributed by atoms with Crippen LogP contribution in [0.2, 0.25) is 0 Å². The fraction of sp³-hybridized carbons (Fsp3) is 0.714. The van der Waals surface area contributed by atoms with Gasteiger partial charge in [0.2, 0.25) is 5.91 Å². The van der Waals surface area contributed by atoms with Gasteiger partial charge in [-0.05, 0) is 39.0 Å². The number of ether oxygens (including phenoxy) is 2. The molecule has 164 valence electrons. The van der Waals surface area contributed by atoms with Crippen molar-refractivity contribution in [2.24, 2.45) is 16.8 Å². The number of piperazine rings is 1. The normalized spacial score (nSPS) is 19.9. The molecule has 29 heavy (non-hydrogen) atoms. The molecule has 0 aromatic heterocycles. The number of amides is 2. The summed E-state index contributed by atoms with van der Waals surface area (Å²) < 4.78 is 10.6. The highest BCUT2D eigenvalue weighted by molar-refractivity contribution is 6.06. The lowest BCUT2D eigenvalue weighted by Gasteiger charge is -2.37. The highest BCUT2D eigenvalue weighted by Crippen LogP contribution is 2.20. The third-order valence-corrected chi connectivity index (χ3v) is 4.09. The minimum atomic E-state index is -0.802. The largest absolute Gasteiger partial charge is 0.458 e. The minimum absolute atomic E-state index is 0.0460. The van der Waals surface area contributed by atoms with Crippen molar-refractivity contribution in [1.29, 1.82) is 0 Å². The number of nitrogens with one attached hydrogen (secondary N) is 1. The van der Waals surface area contributed by atoms with Crippen molar-refractivity contribution in [3.8, 4) is 0 Å². The molecule has 1 fully saturated rings. The van der Waals surface area contributed by atoms with Crippen LogP contribution in [0.1, 0.15) is 54.9 Å². The number of nitrogens with zero attached hydrogens (tertiary/aromatic N) is 2. The first-order chi connectivity index (χ1) is 13.4. The van der Waals surface area contributed by atoms with Crippen molar-refractivity contribution in [2.45, 2.75) is 72.6 Å². The number of rotatable bonds is 7. The zero-order chi connectivity index (χ0) is 22.4. The van der Waals surface area contributed by atoms with E-state index in [0.717, 1.165) is 0 Å². The molecule has 1 rings (SSSR count). The molecule has 0 aliphatic carbocycles. The van der Waals surface area contributed by atoms with E-state index in [9.17, 15) is 14.4 Å². The standard InChI is InChI=1S/C21H35N3O5/c1-9-10-28-20(27)24-12-16(25)22-18(15(24)11-13(2)3)23-17(14(4)5)19(26)29-21(6,7)8/h9,13-15,17H,1,10-12H2,2-8H3,(H,22,23,25)/t15-,17-/m0/s1. The zero-order valence-electron chi connectivity index (χ0n) is 18.7. The van der Waals surface area contributed by atoms with Gasteiger partial charge >= 0.3 is 12.1 Å². The van der Waals surface area contributed by atoms with E-state index in [1.165, 1.54) is 11.0 Å². The van der Waals surface area contributed by atoms with Crippen molar-refractivity contribution in [3.63, 3.8) is 0 Å². The van der Waals surface area contributed by atoms with Gasteiger partial charge in [-0.1, -0.05) is 40.3 Å². The van der Waals surface area contributed by atoms with Gasteiger partial charge in [0.05, 0.1) is 6.04 Å². The molecular weight excluding hydrogens is 374 g/mol. The molecule has 0 radical (unpaired) electrons. The summed E-state index contributed by atoms with van der Waals surface area (Å²) in [5.41, 5.74) is -0.655. The number of carbonyl (C=O) groups is 3. The Morgan fingerprint density at radius 3 is 2.41 bits per heavy atom. The van der Waals surface area contributed by atoms with Gasteiger partial charge in [0.15, 0.2) is 6.04 Å². The van der Waals surface area contributed by atoms with Crippen molar-refractivity contribution >= 4 is 23.8 Å². The summed E-state index contributed by atoms with van der Waals surface area (Å²) >= 11 is 0. The fourth-order valence-corrected chi connectivity index (χ4v) is 2.87. The fourth-order valence-electron chi connectivity index (χ4n) is 2.87. The quantitative estimate of drug-likeness (QED) is 0.515. The summed E-state index contributed by atoms with van der Waals surface area (Å²) in [5.74, 6) is -0.504. The van der Waals surface area contributed by atoms with Crippen LogP contribution in [-0.4, -0.2) is 59.5 Å². The lowest BCUT2D eigenvalue weighted by atomic mass is 9.98. The van der Waals surface area contributed by atoms with Crippen LogP contribution in [0.3, 0.4) is 0 Å². The maximum absolute atomic E-state index is 12.7. The van der Waals surface area contributed by atoms with Crippen LogP contribution < -0.4 is 5.32 Å². The third kappa shape index (κ3) is 7.87. The first kappa shape index (κ1) is 24.7. The third-order valence-electron chi connectivity index (χ3n) is 4.09. The van der Waals surface area contributed by atoms with E-state index in [1.54, 1.807) is 20.8 Å². The Kier molecular flexibility index (Phi) is 8.85. The Morgan fingerprint density at radius 2 is 1.93 bits per heavy atom. The summed E-state index contributed by atoms with van der Waals surface area (Å²) in [6.45, 7) is 16.5. The van der Waals surface area contributed by atoms with E-state index in [0.29, 0.717) is 6.42 Å². The second-order valence-electron chi connectivity index (χ2n) is 8.92. The molecule has 0 saturated carbocycles. The van der Waals surface area contributed by atoms with Crippen LogP contribution in [0.4, 0.5) is 4.79 Å². The molecule has 8 heteroatoms. The molecule has 0 aromatic carbocycles. The van der Waals surface area contributed by atoms with Crippen LogP contribution in [-0.2, 0) is 19.1 Å². The molecule has 1 heterocycles. The highest BCUT2D eigenvalue weighted by atomic mass is 16.6. The monoisotopic (exact) mass is 409 g/mol. The molecule has 8 nitrogen and oxygen atoms in total. The Bertz CT molecular complexity index is 649. The molecule has 1 aliphatic heterocycles. The van der Waals surface area contributed by atoms with Gasteiger partial charge in [0.1, 0.15) is 24.6 Å². The zero-order valence-corrected chi connectivity index (χ0v) is 18.7. The minimum Gasteiger partial charge on any atom is -0.458 e. The SMILES string of the molecule is C=CCOC(=O)N1CC(=O)NC(=N[C@H](C(=O)OC(C)(C)C)C(C)C)[C@@H]1CC(C)C. The predicted octanol–water partition coefficient (Wildman–Crippen LogP) is 2.92. The van der Waals surface area contributed by atoms with Gasteiger partial charge in [0, 0.05) is 0 Å². The second-order valence-corrected chi connectivity index (χ2v) is 8.92. The number of amidine groups is 1. The summed E-state index contributed by atoms with van der Waals surface area (Å²) in [4.78, 5) is 43.4. The highest BCUT2D eigenvalue weighted by Gasteiger charge is 2.38. The van der Waals surface area contributed by atoms with Crippen molar-refractivity contribution < 1.29 is 23.9 Å². The van der Waals surface area contributed by atoms with Crippen LogP contribution in [0.5, 0.6) is 0 Å². The van der Waals surface area contributed by atoms with Gasteiger partial charge in [-0.25, -0.2) is 9.59 Å². The molecule has 0 spiro atoms. The van der Waals surface area contributed by atoms with Gasteiger partial charge in [0.25, 0.3) is 0 Å². The first-order valence-corrected chi connectivity index (χ1v) is 10.00. The lowest BCUT2D eigenvalue weighted by molar-refractivity contribution is -0.157. The number of hydrogen-bond donors (Lipinski definition) is 1. The molecule has 0 aromatic rings. The van der Waals surface area contributed by atoms with Gasteiger partial charge < -0.3 is 14.8 Å². The Labute approximate surface area is 173 Å². The topological polar surface area (TPSA) is 97.3 Å². The first-order valence-electron chi connectivity index (χ1n) is 10.00. The molecule has 1 N–H and O–H groups in total. The Hall–Kier alpha value is -2.38. The predicted molar refractivity (Wildman–Crippen MR) is 112 cm³/mol. The molecule has 0 unspecified atom stereocenters. The van der Waals surface area contributed by atoms with E-state index in [1.807, 2.05) is 27.7 Å². The summed E-state index contributed by atoms with van der Waals surface area (Å²) in [7, 11) is 0. The molecule has 2 atom stereocenters. The maximum Gasteiger partial charge on any atom is 0.411 e. The molecule has 1 saturated heterocycles. The molecule has 0 bridgehead atoms. The number of hydrogen-bond acceptors (Lipinski definition) is 6. The van der Waals surface area contributed by atoms with Crippen molar-refractivity contribution in [3.05, 3.63) is 12.7 Å². The maximum atomic E-state index is 12.7. The average molecular weight is 410 g/mol. The van der Waals surface area contributed by atoms with E-state index < -0.39 is 29.7 Å². The van der Waals surface area contributed by atoms with Gasteiger partial charge in [-0.15, -0.1) is 0 Å². The van der Waals surface area contributed by atoms with Gasteiger partial charge in [-0.3, -0.25) is 14.7 Å². The van der Waals surface area contributed by atoms with Crippen molar-refractivity contribution in [2.75, 3.05) is 13.2 Å². The van der Waals surface area contributed by atoms with Crippen LogP contribution >= 0.6 is 0 Å². The number of esters is 1. The van der Waals surface area contributed by atoms with Gasteiger partial charge in [-0.2, -0.15) is 0 Å². The lowest BCUT2D eigenvalue weighted by Crippen LogP contribution is -2.60. The van der Waals surface area contributed by atoms with Crippen molar-refractivity contribution in [1.82, 2.24) is 10.2 Å².